The predicted molar refractivity (Wildman–Crippen MR) is 115 cm³/mol. The van der Waals surface area contributed by atoms with Gasteiger partial charge >= 0.3 is 0 Å². The highest BCUT2D eigenvalue weighted by molar-refractivity contribution is 7.99. The zero-order chi connectivity index (χ0) is 20.9. The maximum absolute atomic E-state index is 12.4. The van der Waals surface area contributed by atoms with Gasteiger partial charge in [-0.15, -0.1) is 11.3 Å². The van der Waals surface area contributed by atoms with E-state index in [-0.39, 0.29) is 17.9 Å². The number of aromatic nitrogens is 5. The van der Waals surface area contributed by atoms with Crippen molar-refractivity contribution in [3.05, 3.63) is 63.3 Å². The molecule has 1 amide bonds. The number of hydrogen-bond donors (Lipinski definition) is 3. The minimum atomic E-state index is -0.435. The standard InChI is InChI=1S/C19H18N6O3S2/c1-11-7-14-16(26)23-15(24-18(14)30-11)17(27)20-9-12-3-2-4-13(8-12)28-5-6-29-19-21-10-22-25-19/h2-4,7-8,10H,5-6,9H2,1H3,(H,20,27)(H,21,22,25)(H,23,24,26). The van der Waals surface area contributed by atoms with E-state index in [1.165, 1.54) is 29.4 Å². The van der Waals surface area contributed by atoms with Crippen LogP contribution in [0, 0.1) is 6.92 Å². The summed E-state index contributed by atoms with van der Waals surface area (Å²) in [6, 6.07) is 9.24. The molecule has 0 aliphatic heterocycles. The Kier molecular flexibility index (Phi) is 6.10. The molecule has 0 fully saturated rings. The zero-order valence-electron chi connectivity index (χ0n) is 16.0. The molecule has 3 aromatic heterocycles. The van der Waals surface area contributed by atoms with Gasteiger partial charge in [0.25, 0.3) is 11.5 Å². The number of aryl methyl sites for hydroxylation is 1. The van der Waals surface area contributed by atoms with Crippen LogP contribution in [0.3, 0.4) is 0 Å². The van der Waals surface area contributed by atoms with Crippen molar-refractivity contribution in [3.8, 4) is 5.75 Å². The molecule has 3 N–H and O–H groups in total. The van der Waals surface area contributed by atoms with Gasteiger partial charge in [0.05, 0.1) is 12.0 Å². The van der Waals surface area contributed by atoms with E-state index in [1.807, 2.05) is 31.2 Å². The predicted octanol–water partition coefficient (Wildman–Crippen LogP) is 2.51. The van der Waals surface area contributed by atoms with Crippen LogP contribution in [0.4, 0.5) is 0 Å². The van der Waals surface area contributed by atoms with Crippen molar-refractivity contribution in [1.82, 2.24) is 30.5 Å². The Morgan fingerprint density at radius 1 is 1.33 bits per heavy atom. The molecule has 0 aliphatic carbocycles. The van der Waals surface area contributed by atoms with Crippen molar-refractivity contribution in [2.75, 3.05) is 12.4 Å². The summed E-state index contributed by atoms with van der Waals surface area (Å²) in [4.78, 5) is 37.0. The van der Waals surface area contributed by atoms with Gasteiger partial charge in [0.1, 0.15) is 16.9 Å². The highest BCUT2D eigenvalue weighted by Gasteiger charge is 2.13. The largest absolute Gasteiger partial charge is 0.493 e. The van der Waals surface area contributed by atoms with E-state index < -0.39 is 5.91 Å². The van der Waals surface area contributed by atoms with Gasteiger partial charge in [-0.25, -0.2) is 9.97 Å². The fraction of sp³-hybridized carbons (Fsp3) is 0.211. The van der Waals surface area contributed by atoms with Gasteiger partial charge in [-0.2, -0.15) is 5.10 Å². The summed E-state index contributed by atoms with van der Waals surface area (Å²) in [7, 11) is 0. The fourth-order valence-corrected chi connectivity index (χ4v) is 4.21. The third kappa shape index (κ3) is 4.86. The number of nitrogens with one attached hydrogen (secondary N) is 3. The molecule has 154 valence electrons. The van der Waals surface area contributed by atoms with Crippen molar-refractivity contribution in [3.63, 3.8) is 0 Å². The molecule has 0 bridgehead atoms. The Hall–Kier alpha value is -3.18. The van der Waals surface area contributed by atoms with Crippen LogP contribution >= 0.6 is 23.1 Å². The van der Waals surface area contributed by atoms with Crippen LogP contribution in [0.5, 0.6) is 5.75 Å². The number of amides is 1. The average Bonchev–Trinajstić information content (AvgIpc) is 3.39. The molecule has 0 saturated heterocycles. The van der Waals surface area contributed by atoms with Gasteiger partial charge in [-0.1, -0.05) is 23.9 Å². The third-order valence-electron chi connectivity index (χ3n) is 4.08. The topological polar surface area (TPSA) is 126 Å². The number of ether oxygens (including phenoxy) is 1. The molecule has 0 spiro atoms. The lowest BCUT2D eigenvalue weighted by molar-refractivity contribution is 0.0940. The quantitative estimate of drug-likeness (QED) is 0.283. The summed E-state index contributed by atoms with van der Waals surface area (Å²) in [5.41, 5.74) is 0.562. The average molecular weight is 443 g/mol. The van der Waals surface area contributed by atoms with Crippen molar-refractivity contribution in [1.29, 1.82) is 0 Å². The fourth-order valence-electron chi connectivity index (χ4n) is 2.73. The summed E-state index contributed by atoms with van der Waals surface area (Å²) in [5.74, 6) is 1.00. The second kappa shape index (κ2) is 9.09. The SMILES string of the molecule is Cc1cc2c(=O)[nH]c(C(=O)NCc3cccc(OCCSc4ncn[nH]4)c3)nc2s1. The molecule has 4 aromatic rings. The monoisotopic (exact) mass is 442 g/mol. The van der Waals surface area contributed by atoms with Crippen molar-refractivity contribution in [2.45, 2.75) is 18.6 Å². The Bertz CT molecular complexity index is 1220. The molecule has 3 heterocycles. The van der Waals surface area contributed by atoms with Gasteiger partial charge in [0, 0.05) is 17.2 Å². The minimum Gasteiger partial charge on any atom is -0.493 e. The number of nitrogens with zero attached hydrogens (tertiary/aromatic N) is 3. The van der Waals surface area contributed by atoms with Gasteiger partial charge in [-0.3, -0.25) is 14.7 Å². The number of rotatable bonds is 8. The number of carbonyl (C=O) groups excluding carboxylic acids is 1. The molecular weight excluding hydrogens is 424 g/mol. The van der Waals surface area contributed by atoms with E-state index in [9.17, 15) is 9.59 Å². The van der Waals surface area contributed by atoms with Crippen LogP contribution in [-0.2, 0) is 6.54 Å². The normalized spacial score (nSPS) is 11.0. The Morgan fingerprint density at radius 2 is 2.23 bits per heavy atom. The smallest absolute Gasteiger partial charge is 0.287 e. The first-order valence-corrected chi connectivity index (χ1v) is 10.9. The van der Waals surface area contributed by atoms with Gasteiger partial charge < -0.3 is 15.0 Å². The number of aromatic amines is 2. The maximum Gasteiger partial charge on any atom is 0.287 e. The van der Waals surface area contributed by atoms with Gasteiger partial charge in [0.2, 0.25) is 5.82 Å². The zero-order valence-corrected chi connectivity index (χ0v) is 17.6. The van der Waals surface area contributed by atoms with E-state index >= 15 is 0 Å². The van der Waals surface area contributed by atoms with Crippen LogP contribution in [0.2, 0.25) is 0 Å². The molecule has 1 aromatic carbocycles. The number of H-pyrrole nitrogens is 2. The van der Waals surface area contributed by atoms with E-state index in [1.54, 1.807) is 6.07 Å². The summed E-state index contributed by atoms with van der Waals surface area (Å²) in [5, 5.41) is 10.6. The Morgan fingerprint density at radius 3 is 3.07 bits per heavy atom. The Labute approximate surface area is 179 Å². The second-order valence-corrected chi connectivity index (χ2v) is 8.63. The molecule has 9 nitrogen and oxygen atoms in total. The van der Waals surface area contributed by atoms with Crippen LogP contribution in [0.15, 0.2) is 46.6 Å². The van der Waals surface area contributed by atoms with Crippen molar-refractivity contribution >= 4 is 39.2 Å². The van der Waals surface area contributed by atoms with Gasteiger partial charge in [0.15, 0.2) is 5.16 Å². The van der Waals surface area contributed by atoms with Crippen LogP contribution in [0.1, 0.15) is 21.1 Å². The highest BCUT2D eigenvalue weighted by atomic mass is 32.2. The number of thioether (sulfide) groups is 1. The lowest BCUT2D eigenvalue weighted by Crippen LogP contribution is -2.27. The number of carbonyl (C=O) groups is 1. The number of thiophene rings is 1. The lowest BCUT2D eigenvalue weighted by atomic mass is 10.2. The van der Waals surface area contributed by atoms with E-state index in [0.717, 1.165) is 21.3 Å². The summed E-state index contributed by atoms with van der Waals surface area (Å²) in [6.45, 7) is 2.69. The minimum absolute atomic E-state index is 0.00574. The molecule has 30 heavy (non-hydrogen) atoms. The van der Waals surface area contributed by atoms with E-state index in [0.29, 0.717) is 22.6 Å². The number of hydrogen-bond acceptors (Lipinski definition) is 8. The number of fused-ring (bicyclic) bond motifs is 1. The van der Waals surface area contributed by atoms with Crippen molar-refractivity contribution < 1.29 is 9.53 Å². The summed E-state index contributed by atoms with van der Waals surface area (Å²) < 4.78 is 5.75. The molecule has 0 radical (unpaired) electrons. The third-order valence-corrected chi connectivity index (χ3v) is 5.86. The first-order valence-electron chi connectivity index (χ1n) is 9.07. The van der Waals surface area contributed by atoms with Crippen LogP contribution in [-0.4, -0.2) is 43.4 Å². The lowest BCUT2D eigenvalue weighted by Gasteiger charge is -2.08. The molecule has 0 atom stereocenters. The first-order chi connectivity index (χ1) is 14.6. The first kappa shape index (κ1) is 20.1. The van der Waals surface area contributed by atoms with E-state index in [2.05, 4.69) is 30.5 Å². The molecule has 0 aliphatic rings. The second-order valence-electron chi connectivity index (χ2n) is 6.31. The molecule has 0 unspecified atom stereocenters. The number of benzene rings is 1. The summed E-state index contributed by atoms with van der Waals surface area (Å²) >= 11 is 2.90. The van der Waals surface area contributed by atoms with Crippen LogP contribution < -0.4 is 15.6 Å². The Balaban J connectivity index is 1.32. The molecule has 11 heteroatoms. The molecule has 0 saturated carbocycles. The summed E-state index contributed by atoms with van der Waals surface area (Å²) in [6.07, 6.45) is 1.46. The van der Waals surface area contributed by atoms with Crippen molar-refractivity contribution in [2.24, 2.45) is 0 Å². The van der Waals surface area contributed by atoms with Crippen LogP contribution in [0.25, 0.3) is 10.2 Å². The van der Waals surface area contributed by atoms with E-state index in [4.69, 9.17) is 4.74 Å². The molecular formula is C19H18N6O3S2. The molecule has 4 rings (SSSR count). The van der Waals surface area contributed by atoms with Gasteiger partial charge in [-0.05, 0) is 30.7 Å². The maximum atomic E-state index is 12.4. The highest BCUT2D eigenvalue weighted by Crippen LogP contribution is 2.20.